The van der Waals surface area contributed by atoms with E-state index in [9.17, 15) is 9.59 Å². The van der Waals surface area contributed by atoms with Crippen molar-refractivity contribution in [3.8, 4) is 0 Å². The molecule has 5 nitrogen and oxygen atoms in total. The summed E-state index contributed by atoms with van der Waals surface area (Å²) in [6.45, 7) is 0. The third-order valence-electron chi connectivity index (χ3n) is 5.38. The summed E-state index contributed by atoms with van der Waals surface area (Å²) >= 11 is 7.67. The lowest BCUT2D eigenvalue weighted by Crippen LogP contribution is -2.29. The van der Waals surface area contributed by atoms with Crippen LogP contribution >= 0.6 is 23.4 Å². The fourth-order valence-electron chi connectivity index (χ4n) is 3.83. The molecule has 4 rings (SSSR count). The SMILES string of the molecule is NC(=O)c1ccc(CSc2nc3cc(Cl)ccc3c(=O)n2C2CCCCC2)cc1. The summed E-state index contributed by atoms with van der Waals surface area (Å²) in [6, 6.07) is 12.6. The number of benzene rings is 2. The maximum atomic E-state index is 13.3. The van der Waals surface area contributed by atoms with Crippen molar-refractivity contribution in [2.45, 2.75) is 49.1 Å². The predicted molar refractivity (Wildman–Crippen MR) is 118 cm³/mol. The molecule has 0 saturated heterocycles. The van der Waals surface area contributed by atoms with Crippen molar-refractivity contribution in [1.82, 2.24) is 9.55 Å². The van der Waals surface area contributed by atoms with Gasteiger partial charge in [0.2, 0.25) is 5.91 Å². The summed E-state index contributed by atoms with van der Waals surface area (Å²) in [5.41, 5.74) is 7.46. The van der Waals surface area contributed by atoms with Crippen molar-refractivity contribution in [3.63, 3.8) is 0 Å². The summed E-state index contributed by atoms with van der Waals surface area (Å²) in [5.74, 6) is 0.202. The lowest BCUT2D eigenvalue weighted by molar-refractivity contribution is 0.100. The highest BCUT2D eigenvalue weighted by atomic mass is 35.5. The standard InChI is InChI=1S/C22H22ClN3O2S/c23-16-10-11-18-19(12-16)25-22(26(21(18)28)17-4-2-1-3-5-17)29-13-14-6-8-15(9-7-14)20(24)27/h6-12,17H,1-5,13H2,(H2,24,27). The van der Waals surface area contributed by atoms with Gasteiger partial charge in [-0.2, -0.15) is 0 Å². The van der Waals surface area contributed by atoms with Crippen molar-refractivity contribution in [3.05, 3.63) is 69.0 Å². The highest BCUT2D eigenvalue weighted by molar-refractivity contribution is 7.98. The van der Waals surface area contributed by atoms with Crippen molar-refractivity contribution in [2.75, 3.05) is 0 Å². The molecule has 1 saturated carbocycles. The quantitative estimate of drug-likeness (QED) is 0.461. The van der Waals surface area contributed by atoms with E-state index in [4.69, 9.17) is 22.3 Å². The number of fused-ring (bicyclic) bond motifs is 1. The topological polar surface area (TPSA) is 78.0 Å². The minimum Gasteiger partial charge on any atom is -0.366 e. The Morgan fingerprint density at radius 3 is 2.55 bits per heavy atom. The Morgan fingerprint density at radius 1 is 1.14 bits per heavy atom. The number of nitrogens with two attached hydrogens (primary N) is 1. The van der Waals surface area contributed by atoms with Crippen molar-refractivity contribution < 1.29 is 4.79 Å². The van der Waals surface area contributed by atoms with E-state index in [1.54, 1.807) is 30.3 Å². The molecule has 7 heteroatoms. The molecule has 1 fully saturated rings. The van der Waals surface area contributed by atoms with Gasteiger partial charge in [-0.05, 0) is 48.7 Å². The van der Waals surface area contributed by atoms with Crippen LogP contribution in [-0.4, -0.2) is 15.5 Å². The molecule has 29 heavy (non-hydrogen) atoms. The number of primary amides is 1. The van der Waals surface area contributed by atoms with E-state index in [1.807, 2.05) is 16.7 Å². The minimum atomic E-state index is -0.441. The van der Waals surface area contributed by atoms with Crippen molar-refractivity contribution >= 4 is 40.2 Å². The number of hydrogen-bond acceptors (Lipinski definition) is 4. The average Bonchev–Trinajstić information content (AvgIpc) is 2.73. The van der Waals surface area contributed by atoms with E-state index < -0.39 is 5.91 Å². The zero-order chi connectivity index (χ0) is 20.4. The number of nitrogens with zero attached hydrogens (tertiary/aromatic N) is 2. The number of amides is 1. The normalized spacial score (nSPS) is 14.9. The van der Waals surface area contributed by atoms with Gasteiger partial charge >= 0.3 is 0 Å². The van der Waals surface area contributed by atoms with Gasteiger partial charge < -0.3 is 5.73 Å². The molecule has 1 aliphatic carbocycles. The van der Waals surface area contributed by atoms with Gasteiger partial charge in [0.1, 0.15) is 0 Å². The number of aromatic nitrogens is 2. The van der Waals surface area contributed by atoms with E-state index >= 15 is 0 Å². The molecule has 1 aliphatic rings. The molecule has 1 aromatic heterocycles. The molecule has 0 radical (unpaired) electrons. The lowest BCUT2D eigenvalue weighted by Gasteiger charge is -2.26. The van der Waals surface area contributed by atoms with E-state index in [2.05, 4.69) is 0 Å². The van der Waals surface area contributed by atoms with Gasteiger partial charge in [0, 0.05) is 22.4 Å². The average molecular weight is 428 g/mol. The molecular formula is C22H22ClN3O2S. The Kier molecular flexibility index (Phi) is 5.92. The van der Waals surface area contributed by atoms with E-state index in [0.29, 0.717) is 27.2 Å². The largest absolute Gasteiger partial charge is 0.366 e. The Hall–Kier alpha value is -2.31. The monoisotopic (exact) mass is 427 g/mol. The van der Waals surface area contributed by atoms with Crippen LogP contribution in [0.4, 0.5) is 0 Å². The molecule has 0 atom stereocenters. The number of hydrogen-bond donors (Lipinski definition) is 1. The fourth-order valence-corrected chi connectivity index (χ4v) is 5.02. The fraction of sp³-hybridized carbons (Fsp3) is 0.318. The first-order chi connectivity index (χ1) is 14.0. The van der Waals surface area contributed by atoms with Gasteiger partial charge in [-0.15, -0.1) is 0 Å². The molecule has 0 aliphatic heterocycles. The van der Waals surface area contributed by atoms with Gasteiger partial charge in [0.15, 0.2) is 5.16 Å². The maximum Gasteiger partial charge on any atom is 0.262 e. The molecule has 0 unspecified atom stereocenters. The van der Waals surface area contributed by atoms with Crippen LogP contribution < -0.4 is 11.3 Å². The Balaban J connectivity index is 1.70. The third kappa shape index (κ3) is 4.33. The molecule has 1 amide bonds. The molecule has 1 heterocycles. The number of carbonyl (C=O) groups is 1. The Bertz CT molecular complexity index is 1110. The van der Waals surface area contributed by atoms with Gasteiger partial charge in [-0.1, -0.05) is 54.8 Å². The zero-order valence-corrected chi connectivity index (χ0v) is 17.5. The molecule has 150 valence electrons. The van der Waals surface area contributed by atoms with Crippen LogP contribution in [0.15, 0.2) is 52.4 Å². The second kappa shape index (κ2) is 8.59. The summed E-state index contributed by atoms with van der Waals surface area (Å²) < 4.78 is 1.89. The first-order valence-corrected chi connectivity index (χ1v) is 11.1. The van der Waals surface area contributed by atoms with Crippen molar-refractivity contribution in [2.24, 2.45) is 5.73 Å². The van der Waals surface area contributed by atoms with Crippen molar-refractivity contribution in [1.29, 1.82) is 0 Å². The second-order valence-corrected chi connectivity index (χ2v) is 8.75. The number of halogens is 1. The molecule has 0 bridgehead atoms. The first-order valence-electron chi connectivity index (χ1n) is 9.76. The maximum absolute atomic E-state index is 13.3. The molecule has 2 N–H and O–H groups in total. The van der Waals surface area contributed by atoms with E-state index in [1.165, 1.54) is 18.2 Å². The second-order valence-electron chi connectivity index (χ2n) is 7.37. The van der Waals surface area contributed by atoms with E-state index in [-0.39, 0.29) is 11.6 Å². The van der Waals surface area contributed by atoms with Gasteiger partial charge in [0.25, 0.3) is 5.56 Å². The lowest BCUT2D eigenvalue weighted by atomic mass is 9.95. The highest BCUT2D eigenvalue weighted by Crippen LogP contribution is 2.32. The van der Waals surface area contributed by atoms with Crippen LogP contribution in [-0.2, 0) is 5.75 Å². The van der Waals surface area contributed by atoms with Crippen LogP contribution in [0.25, 0.3) is 10.9 Å². The predicted octanol–water partition coefficient (Wildman–Crippen LogP) is 4.95. The van der Waals surface area contributed by atoms with Crippen LogP contribution in [0.2, 0.25) is 5.02 Å². The summed E-state index contributed by atoms with van der Waals surface area (Å²) in [5, 5.41) is 1.89. The molecule has 0 spiro atoms. The summed E-state index contributed by atoms with van der Waals surface area (Å²) in [4.78, 5) is 29.4. The van der Waals surface area contributed by atoms with Gasteiger partial charge in [-0.3, -0.25) is 14.2 Å². The number of carbonyl (C=O) groups excluding carboxylic acids is 1. The summed E-state index contributed by atoms with van der Waals surface area (Å²) in [6.07, 6.45) is 5.49. The van der Waals surface area contributed by atoms with Gasteiger partial charge in [-0.25, -0.2) is 4.98 Å². The minimum absolute atomic E-state index is 0.00476. The van der Waals surface area contributed by atoms with E-state index in [0.717, 1.165) is 36.4 Å². The molecular weight excluding hydrogens is 406 g/mol. The van der Waals surface area contributed by atoms with Crippen LogP contribution in [0.1, 0.15) is 54.1 Å². The van der Waals surface area contributed by atoms with Gasteiger partial charge in [0.05, 0.1) is 10.9 Å². The Morgan fingerprint density at radius 2 is 1.86 bits per heavy atom. The number of rotatable bonds is 5. The first kappa shape index (κ1) is 20.0. The molecule has 3 aromatic rings. The zero-order valence-electron chi connectivity index (χ0n) is 15.9. The number of thioether (sulfide) groups is 1. The Labute approximate surface area is 178 Å². The van der Waals surface area contributed by atoms with Crippen LogP contribution in [0, 0.1) is 0 Å². The smallest absolute Gasteiger partial charge is 0.262 e. The van der Waals surface area contributed by atoms with Crippen LogP contribution in [0.3, 0.4) is 0 Å². The molecule has 2 aromatic carbocycles. The third-order valence-corrected chi connectivity index (χ3v) is 6.64. The highest BCUT2D eigenvalue weighted by Gasteiger charge is 2.22. The van der Waals surface area contributed by atoms with Crippen LogP contribution in [0.5, 0.6) is 0 Å². The summed E-state index contributed by atoms with van der Waals surface area (Å²) in [7, 11) is 0.